The van der Waals surface area contributed by atoms with Crippen LogP contribution < -0.4 is 15.3 Å². The zero-order valence-corrected chi connectivity index (χ0v) is 15.6. The molecular weight excluding hydrogens is 406 g/mol. The lowest BCUT2D eigenvalue weighted by atomic mass is 10.1. The highest BCUT2D eigenvalue weighted by atomic mass is 79.9. The van der Waals surface area contributed by atoms with E-state index in [-0.39, 0.29) is 17.9 Å². The first-order chi connectivity index (χ1) is 12.3. The smallest absolute Gasteiger partial charge is 0.278 e. The molecule has 0 fully saturated rings. The number of nitro benzene ring substituents is 1. The maximum absolute atomic E-state index is 11.8. The summed E-state index contributed by atoms with van der Waals surface area (Å²) >= 11 is 3.38. The molecule has 1 N–H and O–H groups in total. The molecule has 136 valence electrons. The fourth-order valence-corrected chi connectivity index (χ4v) is 2.96. The number of carbonyl (C=O) groups is 1. The Balaban J connectivity index is 1.99. The first-order valence-electron chi connectivity index (χ1n) is 7.45. The molecule has 0 saturated heterocycles. The summed E-state index contributed by atoms with van der Waals surface area (Å²) in [4.78, 5) is 22.1. The number of hydrogen-bond donors (Lipinski definition) is 1. The summed E-state index contributed by atoms with van der Waals surface area (Å²) in [5.41, 5.74) is 3.68. The normalized spacial score (nSPS) is 10.7. The quantitative estimate of drug-likeness (QED) is 0.437. The summed E-state index contributed by atoms with van der Waals surface area (Å²) in [6.07, 6.45) is 1.05. The second-order valence-corrected chi connectivity index (χ2v) is 6.34. The summed E-state index contributed by atoms with van der Waals surface area (Å²) in [5, 5.41) is 25.9. The Morgan fingerprint density at radius 1 is 1.31 bits per heavy atom. The van der Waals surface area contributed by atoms with E-state index in [1.54, 1.807) is 0 Å². The lowest BCUT2D eigenvalue weighted by Crippen LogP contribution is -2.25. The molecule has 0 aromatic heterocycles. The van der Waals surface area contributed by atoms with Gasteiger partial charge in [0, 0.05) is 10.5 Å². The van der Waals surface area contributed by atoms with Gasteiger partial charge < -0.3 is 9.84 Å². The molecule has 0 heterocycles. The second-order valence-electron chi connectivity index (χ2n) is 5.43. The van der Waals surface area contributed by atoms with E-state index in [4.69, 9.17) is 4.74 Å². The number of amides is 1. The third-order valence-corrected chi connectivity index (χ3v) is 3.82. The Morgan fingerprint density at radius 2 is 1.96 bits per heavy atom. The number of nitrogens with one attached hydrogen (secondary N) is 1. The molecule has 0 aliphatic carbocycles. The number of rotatable bonds is 6. The minimum absolute atomic E-state index is 0.00307. The molecule has 0 aliphatic heterocycles. The van der Waals surface area contributed by atoms with Crippen molar-refractivity contribution in [1.29, 1.82) is 0 Å². The van der Waals surface area contributed by atoms with Crippen LogP contribution in [0.3, 0.4) is 0 Å². The molecule has 9 heteroatoms. The van der Waals surface area contributed by atoms with Crippen LogP contribution in [0, 0.1) is 24.0 Å². The monoisotopic (exact) mass is 420 g/mol. The summed E-state index contributed by atoms with van der Waals surface area (Å²) < 4.78 is 6.42. The predicted molar refractivity (Wildman–Crippen MR) is 97.4 cm³/mol. The SMILES string of the molecule is Cc1cc(Br)cc(C)c1OCC(=O)N/N=C/c1cc([O-])ccc1[N+](=O)[O-]. The Kier molecular flexibility index (Phi) is 6.29. The van der Waals surface area contributed by atoms with Gasteiger partial charge in [0.1, 0.15) is 5.75 Å². The molecule has 2 aromatic rings. The van der Waals surface area contributed by atoms with Crippen molar-refractivity contribution in [2.75, 3.05) is 6.61 Å². The maximum Gasteiger partial charge on any atom is 0.278 e. The highest BCUT2D eigenvalue weighted by Crippen LogP contribution is 2.27. The lowest BCUT2D eigenvalue weighted by Gasteiger charge is -2.11. The molecule has 2 rings (SSSR count). The fraction of sp³-hybridized carbons (Fsp3) is 0.176. The van der Waals surface area contributed by atoms with Crippen LogP contribution in [-0.4, -0.2) is 23.7 Å². The van der Waals surface area contributed by atoms with Crippen molar-refractivity contribution in [2.24, 2.45) is 5.10 Å². The second kappa shape index (κ2) is 8.43. The van der Waals surface area contributed by atoms with Gasteiger partial charge in [-0.1, -0.05) is 28.1 Å². The Labute approximate surface area is 157 Å². The van der Waals surface area contributed by atoms with Crippen LogP contribution in [0.1, 0.15) is 16.7 Å². The van der Waals surface area contributed by atoms with Gasteiger partial charge in [0.2, 0.25) is 0 Å². The number of aryl methyl sites for hydroxylation is 2. The third kappa shape index (κ3) is 5.03. The minimum Gasteiger partial charge on any atom is -0.872 e. The van der Waals surface area contributed by atoms with E-state index < -0.39 is 16.6 Å². The topological polar surface area (TPSA) is 117 Å². The van der Waals surface area contributed by atoms with E-state index in [1.165, 1.54) is 0 Å². The molecular formula is C17H15BrN3O5-. The maximum atomic E-state index is 11.8. The van der Waals surface area contributed by atoms with Crippen molar-refractivity contribution < 1.29 is 19.6 Å². The standard InChI is InChI=1S/C17H16BrN3O5/c1-10-5-13(18)6-11(2)17(10)26-9-16(23)20-19-8-12-7-14(22)3-4-15(12)21(24)25/h3-8,22H,9H2,1-2H3,(H,20,23)/p-1/b19-8+. The highest BCUT2D eigenvalue weighted by molar-refractivity contribution is 9.10. The van der Waals surface area contributed by atoms with E-state index in [2.05, 4.69) is 26.5 Å². The molecule has 0 radical (unpaired) electrons. The van der Waals surface area contributed by atoms with Crippen LogP contribution in [-0.2, 0) is 4.79 Å². The third-order valence-electron chi connectivity index (χ3n) is 3.36. The van der Waals surface area contributed by atoms with Gasteiger partial charge in [0.05, 0.1) is 16.7 Å². The van der Waals surface area contributed by atoms with E-state index >= 15 is 0 Å². The highest BCUT2D eigenvalue weighted by Gasteiger charge is 2.11. The average Bonchev–Trinajstić information content (AvgIpc) is 2.53. The van der Waals surface area contributed by atoms with Gasteiger partial charge in [0.15, 0.2) is 6.61 Å². The Morgan fingerprint density at radius 3 is 2.58 bits per heavy atom. The van der Waals surface area contributed by atoms with Crippen molar-refractivity contribution in [2.45, 2.75) is 13.8 Å². The van der Waals surface area contributed by atoms with Crippen molar-refractivity contribution in [3.8, 4) is 11.5 Å². The van der Waals surface area contributed by atoms with Gasteiger partial charge in [-0.25, -0.2) is 5.43 Å². The van der Waals surface area contributed by atoms with Gasteiger partial charge >= 0.3 is 0 Å². The number of nitrogens with zero attached hydrogens (tertiary/aromatic N) is 2. The van der Waals surface area contributed by atoms with E-state index in [0.29, 0.717) is 5.75 Å². The van der Waals surface area contributed by atoms with E-state index in [9.17, 15) is 20.0 Å². The van der Waals surface area contributed by atoms with Gasteiger partial charge in [-0.15, -0.1) is 5.75 Å². The number of carbonyl (C=O) groups excluding carboxylic acids is 1. The van der Waals surface area contributed by atoms with Crippen molar-refractivity contribution in [3.63, 3.8) is 0 Å². The molecule has 26 heavy (non-hydrogen) atoms. The van der Waals surface area contributed by atoms with E-state index in [1.807, 2.05) is 26.0 Å². The molecule has 0 aliphatic rings. The first-order valence-corrected chi connectivity index (χ1v) is 8.24. The van der Waals surface area contributed by atoms with Crippen LogP contribution in [0.4, 0.5) is 5.69 Å². The average molecular weight is 421 g/mol. The largest absolute Gasteiger partial charge is 0.872 e. The predicted octanol–water partition coefficient (Wildman–Crippen LogP) is 2.58. The molecule has 0 spiro atoms. The van der Waals surface area contributed by atoms with Gasteiger partial charge in [-0.2, -0.15) is 5.10 Å². The molecule has 1 amide bonds. The zero-order chi connectivity index (χ0) is 19.3. The van der Waals surface area contributed by atoms with Crippen LogP contribution in [0.2, 0.25) is 0 Å². The molecule has 0 atom stereocenters. The number of nitro groups is 1. The molecule has 0 saturated carbocycles. The summed E-state index contributed by atoms with van der Waals surface area (Å²) in [5.74, 6) is -0.334. The first kappa shape index (κ1) is 19.4. The molecule has 0 bridgehead atoms. The van der Waals surface area contributed by atoms with Gasteiger partial charge in [-0.3, -0.25) is 14.9 Å². The van der Waals surface area contributed by atoms with Gasteiger partial charge in [-0.05, 0) is 37.1 Å². The summed E-state index contributed by atoms with van der Waals surface area (Å²) in [6, 6.07) is 6.98. The zero-order valence-electron chi connectivity index (χ0n) is 14.0. The number of hydrazone groups is 1. The van der Waals surface area contributed by atoms with E-state index in [0.717, 1.165) is 40.0 Å². The number of hydrogen-bond acceptors (Lipinski definition) is 6. The number of ether oxygens (including phenoxy) is 1. The van der Waals surface area contributed by atoms with Crippen molar-refractivity contribution >= 4 is 33.7 Å². The van der Waals surface area contributed by atoms with Gasteiger partial charge in [0.25, 0.3) is 11.6 Å². The van der Waals surface area contributed by atoms with Crippen LogP contribution in [0.25, 0.3) is 0 Å². The number of benzene rings is 2. The molecule has 8 nitrogen and oxygen atoms in total. The minimum atomic E-state index is -0.634. The van der Waals surface area contributed by atoms with Crippen LogP contribution in [0.5, 0.6) is 11.5 Å². The molecule has 2 aromatic carbocycles. The number of halogens is 1. The summed E-state index contributed by atoms with van der Waals surface area (Å²) in [6.45, 7) is 3.45. The van der Waals surface area contributed by atoms with Crippen molar-refractivity contribution in [3.05, 3.63) is 61.6 Å². The Hall–Kier alpha value is -2.94. The molecule has 0 unspecified atom stereocenters. The summed E-state index contributed by atoms with van der Waals surface area (Å²) in [7, 11) is 0. The van der Waals surface area contributed by atoms with Crippen LogP contribution in [0.15, 0.2) is 39.9 Å². The van der Waals surface area contributed by atoms with Crippen LogP contribution >= 0.6 is 15.9 Å². The Bertz CT molecular complexity index is 860. The van der Waals surface area contributed by atoms with Crippen molar-refractivity contribution in [1.82, 2.24) is 5.43 Å². The fourth-order valence-electron chi connectivity index (χ4n) is 2.27. The lowest BCUT2D eigenvalue weighted by molar-refractivity contribution is -0.385.